The molecule has 0 amide bonds. The predicted octanol–water partition coefficient (Wildman–Crippen LogP) is 4.32. The van der Waals surface area contributed by atoms with Crippen molar-refractivity contribution in [2.75, 3.05) is 13.1 Å². The second-order valence-electron chi connectivity index (χ2n) is 6.73. The number of nitrogens with zero attached hydrogens (tertiary/aromatic N) is 1. The lowest BCUT2D eigenvalue weighted by Crippen LogP contribution is -2.29. The number of rotatable bonds is 5. The monoisotopic (exact) mass is 437 g/mol. The van der Waals surface area contributed by atoms with Crippen LogP contribution in [0, 0.1) is 6.92 Å². The van der Waals surface area contributed by atoms with Gasteiger partial charge in [0.1, 0.15) is 5.76 Å². The summed E-state index contributed by atoms with van der Waals surface area (Å²) in [6.07, 6.45) is -2.93. The van der Waals surface area contributed by atoms with E-state index in [0.717, 1.165) is 29.8 Å². The zero-order valence-corrected chi connectivity index (χ0v) is 16.8. The molecule has 0 spiro atoms. The summed E-state index contributed by atoms with van der Waals surface area (Å²) in [4.78, 5) is 12.3. The molecule has 0 bridgehead atoms. The van der Waals surface area contributed by atoms with Gasteiger partial charge in [0, 0.05) is 18.7 Å². The molecule has 1 heterocycles. The first-order valence-corrected chi connectivity index (χ1v) is 10.3. The zero-order valence-electron chi connectivity index (χ0n) is 15.9. The third-order valence-corrected chi connectivity index (χ3v) is 6.39. The van der Waals surface area contributed by atoms with Crippen LogP contribution in [0.2, 0.25) is 0 Å². The quantitative estimate of drug-likeness (QED) is 0.517. The lowest BCUT2D eigenvalue weighted by molar-refractivity contribution is -0.137. The molecule has 0 aliphatic carbocycles. The van der Waals surface area contributed by atoms with E-state index in [2.05, 4.69) is 6.58 Å². The first-order valence-electron chi connectivity index (χ1n) is 8.83. The molecule has 0 atom stereocenters. The van der Waals surface area contributed by atoms with Crippen LogP contribution < -0.4 is 0 Å². The molecule has 0 aromatic heterocycles. The molecule has 0 radical (unpaired) electrons. The smallest absolute Gasteiger partial charge is 0.416 e. The summed E-state index contributed by atoms with van der Waals surface area (Å²) in [6, 6.07) is 10.0. The van der Waals surface area contributed by atoms with E-state index < -0.39 is 27.7 Å². The van der Waals surface area contributed by atoms with Crippen molar-refractivity contribution >= 4 is 16.0 Å². The molecule has 1 aliphatic heterocycles. The Bertz CT molecular complexity index is 1100. The van der Waals surface area contributed by atoms with Gasteiger partial charge in [-0.15, -0.1) is 0 Å². The lowest BCUT2D eigenvalue weighted by atomic mass is 10.1. The van der Waals surface area contributed by atoms with E-state index in [1.165, 1.54) is 16.4 Å². The molecule has 9 heteroatoms. The maximum atomic E-state index is 12.7. The maximum absolute atomic E-state index is 12.7. The van der Waals surface area contributed by atoms with Crippen LogP contribution in [-0.2, 0) is 20.9 Å². The van der Waals surface area contributed by atoms with Gasteiger partial charge in [0.2, 0.25) is 10.0 Å². The van der Waals surface area contributed by atoms with Crippen molar-refractivity contribution in [1.29, 1.82) is 0 Å². The van der Waals surface area contributed by atoms with E-state index in [1.54, 1.807) is 18.2 Å². The van der Waals surface area contributed by atoms with Gasteiger partial charge in [-0.2, -0.15) is 17.5 Å². The SMILES string of the molecule is C=C(OC(=O)c1ccc(C(F)(F)F)cc1)C1=CCN(S(=O)(=O)c2ccc(C)cc2)C1. The fraction of sp³-hybridized carbons (Fsp3) is 0.190. The molecule has 0 fully saturated rings. The van der Waals surface area contributed by atoms with E-state index >= 15 is 0 Å². The summed E-state index contributed by atoms with van der Waals surface area (Å²) in [5, 5.41) is 0. The second-order valence-corrected chi connectivity index (χ2v) is 8.67. The Morgan fingerprint density at radius 1 is 1.07 bits per heavy atom. The number of hydrogen-bond acceptors (Lipinski definition) is 4. The Hall–Kier alpha value is -2.91. The van der Waals surface area contributed by atoms with Gasteiger partial charge >= 0.3 is 12.1 Å². The first kappa shape index (κ1) is 21.8. The molecule has 0 unspecified atom stereocenters. The summed E-state index contributed by atoms with van der Waals surface area (Å²) in [5.41, 5.74) is 0.379. The molecule has 158 valence electrons. The number of carbonyl (C=O) groups is 1. The Morgan fingerprint density at radius 3 is 2.23 bits per heavy atom. The average molecular weight is 437 g/mol. The summed E-state index contributed by atoms with van der Waals surface area (Å²) < 4.78 is 69.7. The van der Waals surface area contributed by atoms with E-state index in [0.29, 0.717) is 5.57 Å². The molecule has 5 nitrogen and oxygen atoms in total. The minimum atomic E-state index is -4.51. The Labute approximate surface area is 172 Å². The van der Waals surface area contributed by atoms with E-state index in [9.17, 15) is 26.4 Å². The van der Waals surface area contributed by atoms with Crippen LogP contribution in [0.1, 0.15) is 21.5 Å². The van der Waals surface area contributed by atoms with Crippen molar-refractivity contribution in [2.24, 2.45) is 0 Å². The van der Waals surface area contributed by atoms with Crippen LogP contribution in [0.5, 0.6) is 0 Å². The standard InChI is InChI=1S/C21H18F3NO4S/c1-14-3-9-19(10-4-14)30(27,28)25-12-11-17(13-25)15(2)29-20(26)16-5-7-18(8-6-16)21(22,23)24/h3-11H,2,12-13H2,1H3. The number of carbonyl (C=O) groups excluding carboxylic acids is 1. The van der Waals surface area contributed by atoms with Crippen LogP contribution in [-0.4, -0.2) is 31.8 Å². The van der Waals surface area contributed by atoms with Gasteiger partial charge < -0.3 is 4.74 Å². The van der Waals surface area contributed by atoms with Gasteiger partial charge in [0.25, 0.3) is 0 Å². The topological polar surface area (TPSA) is 63.7 Å². The highest BCUT2D eigenvalue weighted by Gasteiger charge is 2.31. The molecular formula is C21H18F3NO4S. The molecule has 0 saturated carbocycles. The minimum absolute atomic E-state index is 0.0324. The molecule has 0 N–H and O–H groups in total. The van der Waals surface area contributed by atoms with Crippen LogP contribution in [0.4, 0.5) is 13.2 Å². The minimum Gasteiger partial charge on any atom is -0.423 e. The molecule has 2 aromatic rings. The van der Waals surface area contributed by atoms with Crippen LogP contribution in [0.3, 0.4) is 0 Å². The number of benzene rings is 2. The van der Waals surface area contributed by atoms with Crippen LogP contribution in [0.25, 0.3) is 0 Å². The second kappa shape index (κ2) is 8.08. The molecule has 1 aliphatic rings. The Balaban J connectivity index is 1.64. The molecule has 30 heavy (non-hydrogen) atoms. The number of sulfonamides is 1. The largest absolute Gasteiger partial charge is 0.423 e. The van der Waals surface area contributed by atoms with Gasteiger partial charge in [-0.1, -0.05) is 30.4 Å². The third-order valence-electron chi connectivity index (χ3n) is 4.57. The highest BCUT2D eigenvalue weighted by atomic mass is 32.2. The van der Waals surface area contributed by atoms with Crippen molar-refractivity contribution in [2.45, 2.75) is 18.0 Å². The fourth-order valence-corrected chi connectivity index (χ4v) is 4.17. The predicted molar refractivity (Wildman–Crippen MR) is 104 cm³/mol. The zero-order chi connectivity index (χ0) is 22.1. The summed E-state index contributed by atoms with van der Waals surface area (Å²) in [5.74, 6) is -0.934. The highest BCUT2D eigenvalue weighted by molar-refractivity contribution is 7.89. The number of halogens is 3. The number of ether oxygens (including phenoxy) is 1. The van der Waals surface area contributed by atoms with Gasteiger partial charge in [0.05, 0.1) is 16.0 Å². The van der Waals surface area contributed by atoms with Crippen molar-refractivity contribution in [3.8, 4) is 0 Å². The van der Waals surface area contributed by atoms with E-state index in [-0.39, 0.29) is 29.3 Å². The van der Waals surface area contributed by atoms with Crippen LogP contribution >= 0.6 is 0 Å². The normalized spacial score (nSPS) is 15.0. The maximum Gasteiger partial charge on any atom is 0.416 e. The Morgan fingerprint density at radius 2 is 1.67 bits per heavy atom. The van der Waals surface area contributed by atoms with E-state index in [4.69, 9.17) is 4.74 Å². The summed E-state index contributed by atoms with van der Waals surface area (Å²) in [7, 11) is -3.73. The number of esters is 1. The number of alkyl halides is 3. The van der Waals surface area contributed by atoms with Crippen molar-refractivity contribution < 1.29 is 31.1 Å². The van der Waals surface area contributed by atoms with Crippen molar-refractivity contribution in [1.82, 2.24) is 4.31 Å². The van der Waals surface area contributed by atoms with Crippen molar-refractivity contribution in [3.63, 3.8) is 0 Å². The molecule has 3 rings (SSSR count). The van der Waals surface area contributed by atoms with Gasteiger partial charge in [0.15, 0.2) is 0 Å². The number of hydrogen-bond donors (Lipinski definition) is 0. The lowest BCUT2D eigenvalue weighted by Gasteiger charge is -2.17. The highest BCUT2D eigenvalue weighted by Crippen LogP contribution is 2.29. The number of aryl methyl sites for hydroxylation is 1. The molecular weight excluding hydrogens is 419 g/mol. The van der Waals surface area contributed by atoms with Gasteiger partial charge in [-0.3, -0.25) is 0 Å². The van der Waals surface area contributed by atoms with E-state index in [1.807, 2.05) is 6.92 Å². The van der Waals surface area contributed by atoms with Gasteiger partial charge in [-0.05, 0) is 43.3 Å². The molecule has 2 aromatic carbocycles. The average Bonchev–Trinajstić information content (AvgIpc) is 3.19. The Kier molecular flexibility index (Phi) is 5.87. The third kappa shape index (κ3) is 4.63. The summed E-state index contributed by atoms with van der Waals surface area (Å²) in [6.45, 7) is 5.55. The first-order chi connectivity index (χ1) is 14.0. The fourth-order valence-electron chi connectivity index (χ4n) is 2.81. The summed E-state index contributed by atoms with van der Waals surface area (Å²) >= 11 is 0. The molecule has 0 saturated heterocycles. The van der Waals surface area contributed by atoms with Crippen LogP contribution in [0.15, 0.2) is 77.4 Å². The van der Waals surface area contributed by atoms with Crippen molar-refractivity contribution in [3.05, 3.63) is 89.2 Å². The van der Waals surface area contributed by atoms with Gasteiger partial charge in [-0.25, -0.2) is 13.2 Å².